The van der Waals surface area contributed by atoms with Crippen LogP contribution in [0.5, 0.6) is 0 Å². The summed E-state index contributed by atoms with van der Waals surface area (Å²) in [5, 5.41) is 8.11. The van der Waals surface area contributed by atoms with Crippen LogP contribution in [0.2, 0.25) is 0 Å². The molecule has 3 rings (SSSR count). The van der Waals surface area contributed by atoms with Gasteiger partial charge in [0, 0.05) is 5.69 Å². The molecule has 156 valence electrons. The number of fused-ring (bicyclic) bond motifs is 1. The second kappa shape index (κ2) is 9.37. The van der Waals surface area contributed by atoms with E-state index in [1.165, 1.54) is 4.52 Å². The van der Waals surface area contributed by atoms with Crippen molar-refractivity contribution in [2.45, 2.75) is 39.8 Å². The van der Waals surface area contributed by atoms with Crippen molar-refractivity contribution in [3.63, 3.8) is 0 Å². The Hall–Kier alpha value is -2.44. The molecule has 0 radical (unpaired) electrons. The van der Waals surface area contributed by atoms with Crippen LogP contribution in [0, 0.1) is 12.8 Å². The second-order valence-electron chi connectivity index (χ2n) is 8.38. The first kappa shape index (κ1) is 21.3. The van der Waals surface area contributed by atoms with Gasteiger partial charge in [0.15, 0.2) is 0 Å². The minimum atomic E-state index is -0.0878. The molecule has 2 aromatic heterocycles. The van der Waals surface area contributed by atoms with E-state index < -0.39 is 0 Å². The zero-order chi connectivity index (χ0) is 21.0. The van der Waals surface area contributed by atoms with E-state index in [2.05, 4.69) is 61.5 Å². The maximum atomic E-state index is 13.3. The summed E-state index contributed by atoms with van der Waals surface area (Å²) in [6.45, 7) is 8.80. The fourth-order valence-corrected chi connectivity index (χ4v) is 3.75. The summed E-state index contributed by atoms with van der Waals surface area (Å²) in [7, 11) is 4.18. The number of nitrogens with zero attached hydrogens (tertiary/aromatic N) is 4. The fourth-order valence-electron chi connectivity index (χ4n) is 3.75. The molecule has 0 aliphatic carbocycles. The number of aromatic nitrogens is 3. The molecule has 0 bridgehead atoms. The summed E-state index contributed by atoms with van der Waals surface area (Å²) in [5.41, 5.74) is 3.74. The van der Waals surface area contributed by atoms with E-state index in [4.69, 9.17) is 0 Å². The van der Waals surface area contributed by atoms with E-state index in [1.807, 2.05) is 35.8 Å². The Kier molecular flexibility index (Phi) is 6.87. The molecule has 0 saturated heterocycles. The normalized spacial score (nSPS) is 12.9. The predicted octanol–water partition coefficient (Wildman–Crippen LogP) is 3.09. The lowest BCUT2D eigenvalue weighted by Crippen LogP contribution is -2.37. The van der Waals surface area contributed by atoms with Crippen molar-refractivity contribution in [3.05, 3.63) is 69.9 Å². The Balaban J connectivity index is 2.02. The zero-order valence-corrected chi connectivity index (χ0v) is 18.2. The van der Waals surface area contributed by atoms with Gasteiger partial charge >= 0.3 is 5.69 Å². The van der Waals surface area contributed by atoms with Crippen molar-refractivity contribution < 1.29 is 0 Å². The van der Waals surface area contributed by atoms with Crippen LogP contribution in [0.3, 0.4) is 0 Å². The van der Waals surface area contributed by atoms with E-state index >= 15 is 0 Å². The van der Waals surface area contributed by atoms with Crippen molar-refractivity contribution in [2.75, 3.05) is 27.2 Å². The van der Waals surface area contributed by atoms with Crippen LogP contribution in [0.15, 0.2) is 47.3 Å². The Labute approximate surface area is 173 Å². The Morgan fingerprint density at radius 1 is 1.14 bits per heavy atom. The Bertz CT molecular complexity index is 988. The average molecular weight is 396 g/mol. The van der Waals surface area contributed by atoms with Gasteiger partial charge in [0.25, 0.3) is 0 Å². The van der Waals surface area contributed by atoms with Gasteiger partial charge in [-0.05, 0) is 64.1 Å². The molecule has 3 aromatic rings. The van der Waals surface area contributed by atoms with E-state index in [0.717, 1.165) is 42.0 Å². The molecule has 0 unspecified atom stereocenters. The highest BCUT2D eigenvalue weighted by molar-refractivity contribution is 5.48. The lowest BCUT2D eigenvalue weighted by atomic mass is 9.99. The van der Waals surface area contributed by atoms with Crippen LogP contribution >= 0.6 is 0 Å². The van der Waals surface area contributed by atoms with E-state index in [-0.39, 0.29) is 11.7 Å². The largest absolute Gasteiger partial charge is 0.349 e. The zero-order valence-electron chi connectivity index (χ0n) is 18.2. The van der Waals surface area contributed by atoms with Gasteiger partial charge in [0.2, 0.25) is 0 Å². The molecular weight excluding hydrogens is 362 g/mol. The first-order chi connectivity index (χ1) is 13.9. The summed E-state index contributed by atoms with van der Waals surface area (Å²) < 4.78 is 3.39. The number of hydrogen-bond acceptors (Lipinski definition) is 4. The SMILES string of the molecule is Cc1cc2cc([C@H](NCCCN(C)C)C(C)C)n(Cc3ccccc3)c(=O)n2n1. The molecule has 0 amide bonds. The molecule has 2 heterocycles. The maximum Gasteiger partial charge on any atom is 0.349 e. The summed E-state index contributed by atoms with van der Waals surface area (Å²) in [4.78, 5) is 15.5. The summed E-state index contributed by atoms with van der Waals surface area (Å²) in [6, 6.07) is 14.3. The van der Waals surface area contributed by atoms with E-state index in [0.29, 0.717) is 12.5 Å². The molecule has 29 heavy (non-hydrogen) atoms. The van der Waals surface area contributed by atoms with Crippen LogP contribution in [0.25, 0.3) is 5.52 Å². The smallest absolute Gasteiger partial charge is 0.309 e. The second-order valence-corrected chi connectivity index (χ2v) is 8.38. The maximum absolute atomic E-state index is 13.3. The summed E-state index contributed by atoms with van der Waals surface area (Å²) in [6.07, 6.45) is 1.06. The van der Waals surface area contributed by atoms with Gasteiger partial charge in [-0.3, -0.25) is 4.57 Å². The number of aryl methyl sites for hydroxylation is 1. The molecule has 1 N–H and O–H groups in total. The molecule has 1 atom stereocenters. The molecule has 0 spiro atoms. The number of benzene rings is 1. The Morgan fingerprint density at radius 2 is 1.86 bits per heavy atom. The molecular formula is C23H33N5O. The monoisotopic (exact) mass is 395 g/mol. The molecule has 6 heteroatoms. The van der Waals surface area contributed by atoms with Crippen molar-refractivity contribution in [3.8, 4) is 0 Å². The standard InChI is InChI=1S/C23H33N5O/c1-17(2)22(24-12-9-13-26(4)5)21-15-20-14-18(3)25-28(20)23(29)27(21)16-19-10-7-6-8-11-19/h6-8,10-11,14-15,17,22,24H,9,12-13,16H2,1-5H3/t22-/m1/s1. The van der Waals surface area contributed by atoms with Gasteiger partial charge < -0.3 is 10.2 Å². The highest BCUT2D eigenvalue weighted by atomic mass is 16.2. The lowest BCUT2D eigenvalue weighted by Gasteiger charge is -2.26. The molecule has 6 nitrogen and oxygen atoms in total. The van der Waals surface area contributed by atoms with Gasteiger partial charge in [0.05, 0.1) is 23.8 Å². The molecule has 0 aliphatic rings. The van der Waals surface area contributed by atoms with Gasteiger partial charge in [-0.2, -0.15) is 9.61 Å². The van der Waals surface area contributed by atoms with Crippen molar-refractivity contribution in [1.29, 1.82) is 0 Å². The third kappa shape index (κ3) is 5.14. The van der Waals surface area contributed by atoms with Crippen LogP contribution in [0.1, 0.15) is 43.3 Å². The van der Waals surface area contributed by atoms with E-state index in [1.54, 1.807) is 0 Å². The number of nitrogens with one attached hydrogen (secondary N) is 1. The van der Waals surface area contributed by atoms with Crippen molar-refractivity contribution in [2.24, 2.45) is 5.92 Å². The summed E-state index contributed by atoms with van der Waals surface area (Å²) >= 11 is 0. The topological polar surface area (TPSA) is 54.6 Å². The minimum Gasteiger partial charge on any atom is -0.309 e. The first-order valence-electron chi connectivity index (χ1n) is 10.4. The van der Waals surface area contributed by atoms with Crippen LogP contribution in [-0.2, 0) is 6.54 Å². The van der Waals surface area contributed by atoms with Gasteiger partial charge in [-0.1, -0.05) is 44.2 Å². The minimum absolute atomic E-state index is 0.0878. The first-order valence-corrected chi connectivity index (χ1v) is 10.4. The van der Waals surface area contributed by atoms with Crippen LogP contribution in [-0.4, -0.2) is 46.3 Å². The third-order valence-corrected chi connectivity index (χ3v) is 5.19. The predicted molar refractivity (Wildman–Crippen MR) is 118 cm³/mol. The van der Waals surface area contributed by atoms with Gasteiger partial charge in [-0.25, -0.2) is 4.79 Å². The van der Waals surface area contributed by atoms with Crippen molar-refractivity contribution in [1.82, 2.24) is 24.4 Å². The van der Waals surface area contributed by atoms with Crippen LogP contribution < -0.4 is 11.0 Å². The highest BCUT2D eigenvalue weighted by Crippen LogP contribution is 2.23. The van der Waals surface area contributed by atoms with Gasteiger partial charge in [0.1, 0.15) is 0 Å². The average Bonchev–Trinajstić information content (AvgIpc) is 3.05. The van der Waals surface area contributed by atoms with Crippen molar-refractivity contribution >= 4 is 5.52 Å². The third-order valence-electron chi connectivity index (χ3n) is 5.19. The van der Waals surface area contributed by atoms with E-state index in [9.17, 15) is 4.79 Å². The molecule has 0 aliphatic heterocycles. The summed E-state index contributed by atoms with van der Waals surface area (Å²) in [5.74, 6) is 0.349. The Morgan fingerprint density at radius 3 is 2.52 bits per heavy atom. The molecule has 0 saturated carbocycles. The van der Waals surface area contributed by atoms with Gasteiger partial charge in [-0.15, -0.1) is 0 Å². The fraction of sp³-hybridized carbons (Fsp3) is 0.478. The number of rotatable bonds is 9. The lowest BCUT2D eigenvalue weighted by molar-refractivity contribution is 0.354. The molecule has 0 fully saturated rings. The highest BCUT2D eigenvalue weighted by Gasteiger charge is 2.22. The quantitative estimate of drug-likeness (QED) is 0.566. The molecule has 1 aromatic carbocycles. The van der Waals surface area contributed by atoms with Crippen LogP contribution in [0.4, 0.5) is 0 Å². The number of hydrogen-bond donors (Lipinski definition) is 1.